The zero-order chi connectivity index (χ0) is 10.8. The van der Waals surface area contributed by atoms with E-state index in [-0.39, 0.29) is 0 Å². The lowest BCUT2D eigenvalue weighted by Gasteiger charge is -2.00. The van der Waals surface area contributed by atoms with Crippen molar-refractivity contribution in [1.82, 2.24) is 19.7 Å². The maximum Gasteiger partial charge on any atom is 0.220 e. The third kappa shape index (κ3) is 2.24. The van der Waals surface area contributed by atoms with E-state index in [2.05, 4.69) is 20.6 Å². The highest BCUT2D eigenvalue weighted by atomic mass is 32.1. The summed E-state index contributed by atoms with van der Waals surface area (Å²) < 4.78 is 2.32. The molecule has 0 saturated carbocycles. The van der Waals surface area contributed by atoms with Crippen LogP contribution in [0.1, 0.15) is 10.7 Å². The van der Waals surface area contributed by atoms with Gasteiger partial charge in [-0.1, -0.05) is 0 Å². The van der Waals surface area contributed by atoms with Gasteiger partial charge in [-0.3, -0.25) is 4.57 Å². The number of aromatic amines is 1. The molecule has 2 rings (SSSR count). The molecular weight excluding hydrogens is 230 g/mol. The summed E-state index contributed by atoms with van der Waals surface area (Å²) in [6.45, 7) is 2.70. The predicted molar refractivity (Wildman–Crippen MR) is 62.4 cm³/mol. The lowest BCUT2D eigenvalue weighted by molar-refractivity contribution is 0.685. The molecule has 0 aliphatic carbocycles. The van der Waals surface area contributed by atoms with Gasteiger partial charge >= 0.3 is 0 Å². The highest BCUT2D eigenvalue weighted by Gasteiger charge is 2.03. The number of hydrogen-bond donors (Lipinski definition) is 2. The minimum Gasteiger partial charge on any atom is -0.368 e. The molecule has 0 spiro atoms. The van der Waals surface area contributed by atoms with Crippen molar-refractivity contribution in [1.29, 1.82) is 0 Å². The molecule has 15 heavy (non-hydrogen) atoms. The van der Waals surface area contributed by atoms with E-state index in [0.29, 0.717) is 17.3 Å². The summed E-state index contributed by atoms with van der Waals surface area (Å²) in [5, 5.41) is 9.62. The van der Waals surface area contributed by atoms with E-state index in [4.69, 9.17) is 18.0 Å². The number of nitrogens with zero attached hydrogens (tertiary/aromatic N) is 3. The van der Waals surface area contributed by atoms with Crippen molar-refractivity contribution in [3.63, 3.8) is 0 Å². The van der Waals surface area contributed by atoms with Gasteiger partial charge < -0.3 is 5.73 Å². The fraction of sp³-hybridized carbons (Fsp3) is 0.375. The highest BCUT2D eigenvalue weighted by molar-refractivity contribution is 7.71. The first-order valence-electron chi connectivity index (χ1n) is 4.48. The minimum atomic E-state index is 0.423. The van der Waals surface area contributed by atoms with Crippen LogP contribution in [0.4, 0.5) is 5.95 Å². The Bertz CT molecular complexity index is 509. The van der Waals surface area contributed by atoms with Gasteiger partial charge in [0.1, 0.15) is 0 Å². The summed E-state index contributed by atoms with van der Waals surface area (Å²) in [6.07, 6.45) is 0.822. The maximum absolute atomic E-state index is 5.65. The fourth-order valence-electron chi connectivity index (χ4n) is 1.30. The topological polar surface area (TPSA) is 72.5 Å². The summed E-state index contributed by atoms with van der Waals surface area (Å²) in [5.41, 5.74) is 6.72. The average Bonchev–Trinajstić information content (AvgIpc) is 2.73. The van der Waals surface area contributed by atoms with E-state index in [1.807, 2.05) is 6.92 Å². The van der Waals surface area contributed by atoms with Gasteiger partial charge in [0, 0.05) is 18.3 Å². The van der Waals surface area contributed by atoms with Crippen LogP contribution in [0.3, 0.4) is 0 Å². The van der Waals surface area contributed by atoms with E-state index in [1.54, 1.807) is 15.9 Å². The lowest BCUT2D eigenvalue weighted by atomic mass is 10.3. The zero-order valence-electron chi connectivity index (χ0n) is 8.23. The largest absolute Gasteiger partial charge is 0.368 e. The Morgan fingerprint density at radius 3 is 3.00 bits per heavy atom. The van der Waals surface area contributed by atoms with Crippen molar-refractivity contribution in [2.75, 3.05) is 5.73 Å². The van der Waals surface area contributed by atoms with Crippen LogP contribution in [0.2, 0.25) is 0 Å². The molecule has 7 heteroatoms. The van der Waals surface area contributed by atoms with Crippen LogP contribution in [0.25, 0.3) is 0 Å². The van der Waals surface area contributed by atoms with Crippen molar-refractivity contribution in [2.45, 2.75) is 19.9 Å². The SMILES string of the molecule is Cc1nc(CCn2c(N)n[nH]c2=S)cs1. The number of anilines is 1. The molecule has 0 saturated heterocycles. The van der Waals surface area contributed by atoms with Crippen LogP contribution in [0, 0.1) is 11.7 Å². The molecule has 0 aliphatic heterocycles. The molecule has 0 amide bonds. The Labute approximate surface area is 96.0 Å². The number of aryl methyl sites for hydroxylation is 2. The molecule has 0 bridgehead atoms. The van der Waals surface area contributed by atoms with Crippen LogP contribution in [0.15, 0.2) is 5.38 Å². The van der Waals surface area contributed by atoms with Crippen molar-refractivity contribution >= 4 is 29.5 Å². The van der Waals surface area contributed by atoms with Gasteiger partial charge in [0.15, 0.2) is 4.77 Å². The molecule has 3 N–H and O–H groups in total. The number of hydrogen-bond acceptors (Lipinski definition) is 5. The van der Waals surface area contributed by atoms with E-state index in [0.717, 1.165) is 17.1 Å². The Balaban J connectivity index is 2.08. The van der Waals surface area contributed by atoms with E-state index >= 15 is 0 Å². The Morgan fingerprint density at radius 2 is 2.47 bits per heavy atom. The Kier molecular flexibility index (Phi) is 2.83. The summed E-state index contributed by atoms with van der Waals surface area (Å²) in [6, 6.07) is 0. The van der Waals surface area contributed by atoms with E-state index < -0.39 is 0 Å². The molecule has 0 atom stereocenters. The van der Waals surface area contributed by atoms with Crippen LogP contribution in [0.5, 0.6) is 0 Å². The number of nitrogens with two attached hydrogens (primary N) is 1. The fourth-order valence-corrected chi connectivity index (χ4v) is 2.17. The van der Waals surface area contributed by atoms with E-state index in [1.165, 1.54) is 0 Å². The van der Waals surface area contributed by atoms with Crippen molar-refractivity contribution in [3.8, 4) is 0 Å². The number of rotatable bonds is 3. The van der Waals surface area contributed by atoms with E-state index in [9.17, 15) is 0 Å². The van der Waals surface area contributed by atoms with Crippen molar-refractivity contribution in [3.05, 3.63) is 20.9 Å². The van der Waals surface area contributed by atoms with Gasteiger partial charge in [0.2, 0.25) is 5.95 Å². The molecule has 2 aromatic heterocycles. The molecule has 5 nitrogen and oxygen atoms in total. The normalized spacial score (nSPS) is 10.7. The average molecular weight is 241 g/mol. The Morgan fingerprint density at radius 1 is 1.67 bits per heavy atom. The summed E-state index contributed by atoms with van der Waals surface area (Å²) >= 11 is 6.69. The first kappa shape index (κ1) is 10.3. The molecule has 2 heterocycles. The van der Waals surface area contributed by atoms with Gasteiger partial charge in [-0.05, 0) is 19.1 Å². The van der Waals surface area contributed by atoms with Gasteiger partial charge in [-0.15, -0.1) is 16.4 Å². The summed E-state index contributed by atoms with van der Waals surface area (Å²) in [4.78, 5) is 4.37. The second-order valence-electron chi connectivity index (χ2n) is 3.15. The standard InChI is InChI=1S/C8H11N5S2/c1-5-10-6(4-15-5)2-3-13-7(9)11-12-8(13)14/h4H,2-3H2,1H3,(H2,9,11)(H,12,14). The smallest absolute Gasteiger partial charge is 0.220 e. The second kappa shape index (κ2) is 4.11. The van der Waals surface area contributed by atoms with Gasteiger partial charge in [0.05, 0.1) is 10.7 Å². The number of aromatic nitrogens is 4. The van der Waals surface area contributed by atoms with Crippen LogP contribution in [-0.2, 0) is 13.0 Å². The highest BCUT2D eigenvalue weighted by Crippen LogP contribution is 2.10. The summed E-state index contributed by atoms with van der Waals surface area (Å²) in [7, 11) is 0. The van der Waals surface area contributed by atoms with Crippen molar-refractivity contribution < 1.29 is 0 Å². The van der Waals surface area contributed by atoms with Crippen LogP contribution >= 0.6 is 23.6 Å². The number of nitrogens with one attached hydrogen (secondary N) is 1. The minimum absolute atomic E-state index is 0.423. The molecule has 0 radical (unpaired) electrons. The molecule has 0 aromatic carbocycles. The second-order valence-corrected chi connectivity index (χ2v) is 4.60. The lowest BCUT2D eigenvalue weighted by Crippen LogP contribution is -2.06. The van der Waals surface area contributed by atoms with Crippen LogP contribution in [-0.4, -0.2) is 19.7 Å². The molecule has 0 unspecified atom stereocenters. The zero-order valence-corrected chi connectivity index (χ0v) is 9.86. The van der Waals surface area contributed by atoms with Gasteiger partial charge in [-0.2, -0.15) is 0 Å². The maximum atomic E-state index is 5.65. The third-order valence-corrected chi connectivity index (χ3v) is 3.18. The van der Waals surface area contributed by atoms with Crippen molar-refractivity contribution in [2.24, 2.45) is 0 Å². The quantitative estimate of drug-likeness (QED) is 0.799. The molecular formula is C8H11N5S2. The molecule has 0 fully saturated rings. The molecule has 80 valence electrons. The van der Waals surface area contributed by atoms with Crippen LogP contribution < -0.4 is 5.73 Å². The summed E-state index contributed by atoms with van der Waals surface area (Å²) in [5.74, 6) is 0.423. The molecule has 0 aliphatic rings. The third-order valence-electron chi connectivity index (χ3n) is 2.05. The monoisotopic (exact) mass is 241 g/mol. The molecule has 2 aromatic rings. The number of nitrogen functional groups attached to an aromatic ring is 1. The predicted octanol–water partition coefficient (Wildman–Crippen LogP) is 1.53. The Hall–Kier alpha value is -1.21. The first-order chi connectivity index (χ1) is 7.16. The first-order valence-corrected chi connectivity index (χ1v) is 5.77. The number of H-pyrrole nitrogens is 1. The number of thiazole rings is 1. The van der Waals surface area contributed by atoms with Gasteiger partial charge in [-0.25, -0.2) is 10.1 Å². The van der Waals surface area contributed by atoms with Gasteiger partial charge in [0.25, 0.3) is 0 Å².